The summed E-state index contributed by atoms with van der Waals surface area (Å²) in [6.07, 6.45) is 9.43. The minimum Gasteiger partial charge on any atom is -0.378 e. The Kier molecular flexibility index (Phi) is 6.87. The van der Waals surface area contributed by atoms with Gasteiger partial charge in [-0.15, -0.1) is 0 Å². The molecule has 3 fully saturated rings. The molecule has 3 aliphatic rings. The topological polar surface area (TPSA) is 87.7 Å². The van der Waals surface area contributed by atoms with E-state index in [0.29, 0.717) is 38.0 Å². The molecule has 0 bridgehead atoms. The Morgan fingerprint density at radius 3 is 2.62 bits per heavy atom. The lowest BCUT2D eigenvalue weighted by Crippen LogP contribution is -2.54. The quantitative estimate of drug-likeness (QED) is 0.502. The molecule has 1 heterocycles. The van der Waals surface area contributed by atoms with Crippen LogP contribution in [0.5, 0.6) is 0 Å². The number of nitrogens with zero attached hydrogens (tertiary/aromatic N) is 1. The van der Waals surface area contributed by atoms with Crippen LogP contribution >= 0.6 is 0 Å². The molecule has 1 spiro atoms. The van der Waals surface area contributed by atoms with Gasteiger partial charge in [0.15, 0.2) is 0 Å². The van der Waals surface area contributed by atoms with E-state index in [1.807, 2.05) is 0 Å². The molecule has 1 aliphatic heterocycles. The standard InChI is InChI=1S/C22H37N3O4/c1-16-12-21(2,3)15-22(13-16)19(27)25(20(28)24-22)14-18(26)23-10-7-11-29-17-8-5-4-6-9-17/h16-17H,4-15H2,1-3H3,(H,23,26)(H,24,28)/t16-,22+/m0/s1. The van der Waals surface area contributed by atoms with Crippen molar-refractivity contribution in [3.8, 4) is 0 Å². The Balaban J connectivity index is 1.43. The Hall–Kier alpha value is -1.63. The molecule has 4 amide bonds. The summed E-state index contributed by atoms with van der Waals surface area (Å²) in [5, 5.41) is 5.72. The fourth-order valence-corrected chi connectivity index (χ4v) is 5.63. The van der Waals surface area contributed by atoms with Crippen molar-refractivity contribution in [2.24, 2.45) is 11.3 Å². The molecule has 0 aromatic heterocycles. The van der Waals surface area contributed by atoms with Crippen molar-refractivity contribution in [2.75, 3.05) is 19.7 Å². The van der Waals surface area contributed by atoms with Gasteiger partial charge in [0.1, 0.15) is 12.1 Å². The number of amides is 4. The second-order valence-electron chi connectivity index (χ2n) is 10.1. The first-order valence-corrected chi connectivity index (χ1v) is 11.2. The highest BCUT2D eigenvalue weighted by molar-refractivity contribution is 6.09. The van der Waals surface area contributed by atoms with Gasteiger partial charge in [0.25, 0.3) is 5.91 Å². The Morgan fingerprint density at radius 2 is 1.93 bits per heavy atom. The lowest BCUT2D eigenvalue weighted by Gasteiger charge is -2.43. The van der Waals surface area contributed by atoms with Crippen LogP contribution in [0.4, 0.5) is 4.79 Å². The molecule has 2 N–H and O–H groups in total. The Labute approximate surface area is 174 Å². The van der Waals surface area contributed by atoms with Crippen molar-refractivity contribution in [3.63, 3.8) is 0 Å². The highest BCUT2D eigenvalue weighted by Gasteiger charge is 2.56. The number of hydrogen-bond donors (Lipinski definition) is 2. The third kappa shape index (κ3) is 5.50. The van der Waals surface area contributed by atoms with Crippen LogP contribution in [0.25, 0.3) is 0 Å². The summed E-state index contributed by atoms with van der Waals surface area (Å²) in [7, 11) is 0. The van der Waals surface area contributed by atoms with Gasteiger partial charge >= 0.3 is 6.03 Å². The monoisotopic (exact) mass is 407 g/mol. The van der Waals surface area contributed by atoms with E-state index in [1.165, 1.54) is 19.3 Å². The lowest BCUT2D eigenvalue weighted by atomic mass is 9.64. The van der Waals surface area contributed by atoms with Crippen molar-refractivity contribution in [2.45, 2.75) is 90.2 Å². The minimum absolute atomic E-state index is 0.0167. The maximum atomic E-state index is 13.1. The SMILES string of the molecule is C[C@H]1CC(C)(C)C[C@@]2(C1)NC(=O)N(CC(=O)NCCCOC1CCCCC1)C2=O. The van der Waals surface area contributed by atoms with Crippen LogP contribution in [0.3, 0.4) is 0 Å². The second kappa shape index (κ2) is 9.02. The van der Waals surface area contributed by atoms with Crippen LogP contribution < -0.4 is 10.6 Å². The molecule has 2 aliphatic carbocycles. The van der Waals surface area contributed by atoms with Crippen LogP contribution in [-0.2, 0) is 14.3 Å². The molecular formula is C22H37N3O4. The lowest BCUT2D eigenvalue weighted by molar-refractivity contribution is -0.137. The van der Waals surface area contributed by atoms with E-state index in [9.17, 15) is 14.4 Å². The van der Waals surface area contributed by atoms with Gasteiger partial charge < -0.3 is 15.4 Å². The van der Waals surface area contributed by atoms with Crippen LogP contribution in [-0.4, -0.2) is 54.1 Å². The molecule has 0 unspecified atom stereocenters. The zero-order valence-electron chi connectivity index (χ0n) is 18.2. The number of carbonyl (C=O) groups excluding carboxylic acids is 3. The average molecular weight is 408 g/mol. The maximum Gasteiger partial charge on any atom is 0.325 e. The van der Waals surface area contributed by atoms with E-state index in [4.69, 9.17) is 4.74 Å². The van der Waals surface area contributed by atoms with Crippen LogP contribution in [0.1, 0.15) is 78.6 Å². The molecule has 164 valence electrons. The molecule has 7 nitrogen and oxygen atoms in total. The largest absolute Gasteiger partial charge is 0.378 e. The van der Waals surface area contributed by atoms with Crippen molar-refractivity contribution in [1.82, 2.24) is 15.5 Å². The molecule has 7 heteroatoms. The van der Waals surface area contributed by atoms with Gasteiger partial charge in [0.05, 0.1) is 6.10 Å². The number of carbonyl (C=O) groups is 3. The van der Waals surface area contributed by atoms with Gasteiger partial charge in [-0.05, 0) is 49.9 Å². The normalized spacial score (nSPS) is 29.9. The van der Waals surface area contributed by atoms with Crippen molar-refractivity contribution in [1.29, 1.82) is 0 Å². The molecule has 3 rings (SSSR count). The van der Waals surface area contributed by atoms with Gasteiger partial charge in [-0.1, -0.05) is 40.0 Å². The van der Waals surface area contributed by atoms with Gasteiger partial charge in [-0.2, -0.15) is 0 Å². The molecule has 2 atom stereocenters. The molecular weight excluding hydrogens is 370 g/mol. The summed E-state index contributed by atoms with van der Waals surface area (Å²) in [5.41, 5.74) is -0.871. The average Bonchev–Trinajstić information content (AvgIpc) is 2.84. The first kappa shape index (κ1) is 22.1. The molecule has 29 heavy (non-hydrogen) atoms. The van der Waals surface area contributed by atoms with Crippen LogP contribution in [0.15, 0.2) is 0 Å². The van der Waals surface area contributed by atoms with E-state index >= 15 is 0 Å². The maximum absolute atomic E-state index is 13.1. The third-order valence-electron chi connectivity index (χ3n) is 6.47. The summed E-state index contributed by atoms with van der Waals surface area (Å²) in [4.78, 5) is 38.9. The molecule has 0 radical (unpaired) electrons. The summed E-state index contributed by atoms with van der Waals surface area (Å²) < 4.78 is 5.86. The predicted molar refractivity (Wildman–Crippen MR) is 110 cm³/mol. The van der Waals surface area contributed by atoms with Crippen molar-refractivity contribution in [3.05, 3.63) is 0 Å². The highest BCUT2D eigenvalue weighted by atomic mass is 16.5. The molecule has 1 saturated heterocycles. The van der Waals surface area contributed by atoms with E-state index in [0.717, 1.165) is 30.6 Å². The summed E-state index contributed by atoms with van der Waals surface area (Å²) in [5.74, 6) is -0.204. The number of hydrogen-bond acceptors (Lipinski definition) is 4. The van der Waals surface area contributed by atoms with E-state index < -0.39 is 11.6 Å². The highest BCUT2D eigenvalue weighted by Crippen LogP contribution is 2.46. The van der Waals surface area contributed by atoms with E-state index in [-0.39, 0.29) is 23.8 Å². The first-order valence-electron chi connectivity index (χ1n) is 11.2. The van der Waals surface area contributed by atoms with Crippen molar-refractivity contribution >= 4 is 17.8 Å². The van der Waals surface area contributed by atoms with Crippen molar-refractivity contribution < 1.29 is 19.1 Å². The summed E-state index contributed by atoms with van der Waals surface area (Å²) in [6, 6.07) is -0.448. The molecule has 0 aromatic carbocycles. The Morgan fingerprint density at radius 1 is 1.21 bits per heavy atom. The third-order valence-corrected chi connectivity index (χ3v) is 6.47. The van der Waals surface area contributed by atoms with Gasteiger partial charge in [0, 0.05) is 13.2 Å². The van der Waals surface area contributed by atoms with Gasteiger partial charge in [-0.3, -0.25) is 14.5 Å². The number of nitrogens with one attached hydrogen (secondary N) is 2. The zero-order valence-corrected chi connectivity index (χ0v) is 18.2. The van der Waals surface area contributed by atoms with Gasteiger partial charge in [-0.25, -0.2) is 4.79 Å². The van der Waals surface area contributed by atoms with E-state index in [1.54, 1.807) is 0 Å². The van der Waals surface area contributed by atoms with Gasteiger partial charge in [0.2, 0.25) is 5.91 Å². The second-order valence-corrected chi connectivity index (χ2v) is 10.1. The Bertz CT molecular complexity index is 630. The fraction of sp³-hybridized carbons (Fsp3) is 0.864. The predicted octanol–water partition coefficient (Wildman–Crippen LogP) is 2.98. The molecule has 2 saturated carbocycles. The number of urea groups is 1. The van der Waals surface area contributed by atoms with E-state index in [2.05, 4.69) is 31.4 Å². The smallest absolute Gasteiger partial charge is 0.325 e. The number of rotatable bonds is 7. The summed E-state index contributed by atoms with van der Waals surface area (Å²) >= 11 is 0. The zero-order chi connectivity index (χ0) is 21.1. The number of imide groups is 1. The minimum atomic E-state index is -0.855. The van der Waals surface area contributed by atoms with Crippen LogP contribution in [0, 0.1) is 11.3 Å². The van der Waals surface area contributed by atoms with Crippen LogP contribution in [0.2, 0.25) is 0 Å². The molecule has 0 aromatic rings. The number of ether oxygens (including phenoxy) is 1. The first-order chi connectivity index (χ1) is 13.7. The summed E-state index contributed by atoms with van der Waals surface area (Å²) in [6.45, 7) is 7.29. The fourth-order valence-electron chi connectivity index (χ4n) is 5.63.